The fraction of sp³-hybridized carbons (Fsp3) is 0.410. The maximum Gasteiger partial charge on any atom is 0.222 e. The molecule has 1 aliphatic carbocycles. The second kappa shape index (κ2) is 15.1. The zero-order valence-corrected chi connectivity index (χ0v) is 29.5. The number of amides is 2. The molecule has 0 spiro atoms. The molecular weight excluding hydrogens is 636 g/mol. The first-order valence-electron chi connectivity index (χ1n) is 17.2. The molecule has 1 aromatic heterocycles. The zero-order chi connectivity index (χ0) is 35.4. The van der Waals surface area contributed by atoms with Crippen molar-refractivity contribution in [1.82, 2.24) is 15.2 Å². The summed E-state index contributed by atoms with van der Waals surface area (Å²) < 4.78 is 22.6. The number of nitrogens with zero attached hydrogens (tertiary/aromatic N) is 1. The number of unbranched alkanes of at least 4 members (excludes halogenated alkanes) is 2. The minimum Gasteiger partial charge on any atom is -0.497 e. The molecule has 264 valence electrons. The van der Waals surface area contributed by atoms with E-state index in [1.54, 1.807) is 40.6 Å². The minimum absolute atomic E-state index is 0.165. The predicted molar refractivity (Wildman–Crippen MR) is 194 cm³/mol. The van der Waals surface area contributed by atoms with Crippen molar-refractivity contribution in [3.8, 4) is 34.1 Å². The van der Waals surface area contributed by atoms with Crippen LogP contribution in [0.1, 0.15) is 67.5 Å². The maximum absolute atomic E-state index is 13.6. The summed E-state index contributed by atoms with van der Waals surface area (Å²) in [6.07, 6.45) is 4.95. The van der Waals surface area contributed by atoms with Gasteiger partial charge in [-0.05, 0) is 78.8 Å². The van der Waals surface area contributed by atoms with E-state index in [1.807, 2.05) is 35.2 Å². The van der Waals surface area contributed by atoms with Crippen molar-refractivity contribution in [3.63, 3.8) is 0 Å². The number of rotatable bonds is 12. The van der Waals surface area contributed by atoms with Gasteiger partial charge in [-0.2, -0.15) is 0 Å². The maximum atomic E-state index is 13.6. The van der Waals surface area contributed by atoms with Gasteiger partial charge in [0, 0.05) is 67.1 Å². The molecule has 2 heterocycles. The summed E-state index contributed by atoms with van der Waals surface area (Å²) in [5, 5.41) is 7.48. The number of carbonyl (C=O) groups is 2. The first-order chi connectivity index (χ1) is 24.3. The van der Waals surface area contributed by atoms with Crippen LogP contribution in [-0.2, 0) is 29.0 Å². The van der Waals surface area contributed by atoms with E-state index in [0.29, 0.717) is 61.8 Å². The summed E-state index contributed by atoms with van der Waals surface area (Å²) in [5.74, 6) is 2.33. The van der Waals surface area contributed by atoms with Gasteiger partial charge in [-0.25, -0.2) is 0 Å². The van der Waals surface area contributed by atoms with Gasteiger partial charge in [-0.1, -0.05) is 12.5 Å². The molecule has 1 atom stereocenters. The molecule has 11 nitrogen and oxygen atoms in total. The number of carbonyl (C=O) groups excluding carboxylic acids is 2. The van der Waals surface area contributed by atoms with E-state index < -0.39 is 0 Å². The van der Waals surface area contributed by atoms with Crippen molar-refractivity contribution < 1.29 is 28.5 Å². The van der Waals surface area contributed by atoms with Gasteiger partial charge in [0.25, 0.3) is 0 Å². The molecule has 0 bridgehead atoms. The number of aryl methyl sites for hydroxylation is 1. The lowest BCUT2D eigenvalue weighted by atomic mass is 9.95. The monoisotopic (exact) mass is 682 g/mol. The van der Waals surface area contributed by atoms with E-state index in [-0.39, 0.29) is 23.3 Å². The average molecular weight is 683 g/mol. The molecule has 0 saturated heterocycles. The Morgan fingerprint density at radius 3 is 2.48 bits per heavy atom. The van der Waals surface area contributed by atoms with Crippen molar-refractivity contribution >= 4 is 28.4 Å². The molecule has 3 aromatic carbocycles. The number of hydrogen-bond acceptors (Lipinski definition) is 8. The van der Waals surface area contributed by atoms with Crippen LogP contribution in [0.15, 0.2) is 47.3 Å². The van der Waals surface area contributed by atoms with E-state index >= 15 is 0 Å². The van der Waals surface area contributed by atoms with Crippen LogP contribution in [-0.4, -0.2) is 63.2 Å². The molecule has 1 aliphatic heterocycles. The Morgan fingerprint density at radius 1 is 0.920 bits per heavy atom. The first-order valence-corrected chi connectivity index (χ1v) is 17.2. The topological polar surface area (TPSA) is 131 Å². The molecule has 0 saturated carbocycles. The average Bonchev–Trinajstić information content (AvgIpc) is 3.32. The van der Waals surface area contributed by atoms with Gasteiger partial charge < -0.3 is 39.5 Å². The van der Waals surface area contributed by atoms with Crippen LogP contribution in [0.25, 0.3) is 22.0 Å². The van der Waals surface area contributed by atoms with E-state index in [4.69, 9.17) is 18.9 Å². The third kappa shape index (κ3) is 6.94. The number of hydrogen-bond donors (Lipinski definition) is 3. The standard InChI is InChI=1S/C39H46N4O7/c1-23(44)41-30-13-10-24-19-35(48-3)38(49-4)39(50-5)37(24)26-12-15-33(34(45)21-28(26)30)40-17-8-6-7-9-36(46)43-18-16-32-29(22-43)27-20-25(47-2)11-14-31(27)42-32/h11-12,14-15,19-21,30,42H,6-10,13,16-18,22H2,1-5H3,(H,40,45)(H,41,44)/t30-/m0/s1. The summed E-state index contributed by atoms with van der Waals surface area (Å²) in [6.45, 7) is 3.37. The Labute approximate surface area is 292 Å². The van der Waals surface area contributed by atoms with Gasteiger partial charge in [-0.3, -0.25) is 14.4 Å². The lowest BCUT2D eigenvalue weighted by molar-refractivity contribution is -0.132. The highest BCUT2D eigenvalue weighted by atomic mass is 16.5. The third-order valence-corrected chi connectivity index (χ3v) is 9.83. The molecule has 0 fully saturated rings. The summed E-state index contributed by atoms with van der Waals surface area (Å²) >= 11 is 0. The first kappa shape index (κ1) is 34.7. The fourth-order valence-electron chi connectivity index (χ4n) is 7.35. The Morgan fingerprint density at radius 2 is 1.74 bits per heavy atom. The normalized spacial score (nSPS) is 14.9. The number of H-pyrrole nitrogens is 1. The van der Waals surface area contributed by atoms with Gasteiger partial charge in [0.2, 0.25) is 23.0 Å². The Bertz CT molecular complexity index is 1970. The quantitative estimate of drug-likeness (QED) is 0.157. The number of aromatic nitrogens is 1. The number of fused-ring (bicyclic) bond motifs is 6. The number of ether oxygens (including phenoxy) is 4. The van der Waals surface area contributed by atoms with Crippen molar-refractivity contribution in [2.24, 2.45) is 0 Å². The Kier molecular flexibility index (Phi) is 10.5. The second-order valence-electron chi connectivity index (χ2n) is 12.9. The van der Waals surface area contributed by atoms with Gasteiger partial charge in [0.05, 0.1) is 40.2 Å². The van der Waals surface area contributed by atoms with Gasteiger partial charge in [0.15, 0.2) is 11.5 Å². The number of nitrogens with one attached hydrogen (secondary N) is 3. The van der Waals surface area contributed by atoms with Crippen LogP contribution >= 0.6 is 0 Å². The van der Waals surface area contributed by atoms with Gasteiger partial charge >= 0.3 is 0 Å². The number of methoxy groups -OCH3 is 4. The highest BCUT2D eigenvalue weighted by molar-refractivity contribution is 5.87. The van der Waals surface area contributed by atoms with Crippen LogP contribution in [0.2, 0.25) is 0 Å². The number of anilines is 1. The molecule has 3 N–H and O–H groups in total. The molecule has 4 aromatic rings. The zero-order valence-electron chi connectivity index (χ0n) is 29.5. The Hall–Kier alpha value is -5.19. The van der Waals surface area contributed by atoms with Crippen molar-refractivity contribution in [1.29, 1.82) is 0 Å². The molecule has 0 radical (unpaired) electrons. The van der Waals surface area contributed by atoms with Crippen molar-refractivity contribution in [2.75, 3.05) is 46.8 Å². The summed E-state index contributed by atoms with van der Waals surface area (Å²) in [7, 11) is 6.39. The lowest BCUT2D eigenvalue weighted by Crippen LogP contribution is -2.35. The SMILES string of the molecule is COc1ccc2[nH]c3c(c2c1)CN(C(=O)CCCCCNc1ccc2c(cc1=O)[C@@H](NC(C)=O)CCc1cc(OC)c(OC)c(OC)c1-2)CC3. The van der Waals surface area contributed by atoms with E-state index in [9.17, 15) is 14.4 Å². The molecule has 2 amide bonds. The largest absolute Gasteiger partial charge is 0.497 e. The van der Waals surface area contributed by atoms with Gasteiger partial charge in [0.1, 0.15) is 5.75 Å². The van der Waals surface area contributed by atoms with Gasteiger partial charge in [-0.15, -0.1) is 0 Å². The van der Waals surface area contributed by atoms with E-state index in [2.05, 4.69) is 15.6 Å². The van der Waals surface area contributed by atoms with Crippen LogP contribution in [0.4, 0.5) is 5.69 Å². The highest BCUT2D eigenvalue weighted by Crippen LogP contribution is 2.50. The van der Waals surface area contributed by atoms with E-state index in [1.165, 1.54) is 18.2 Å². The summed E-state index contributed by atoms with van der Waals surface area (Å²) in [5.41, 5.74) is 7.03. The highest BCUT2D eigenvalue weighted by Gasteiger charge is 2.29. The second-order valence-corrected chi connectivity index (χ2v) is 12.9. The smallest absolute Gasteiger partial charge is 0.222 e. The lowest BCUT2D eigenvalue weighted by Gasteiger charge is -2.27. The number of aromatic amines is 1. The summed E-state index contributed by atoms with van der Waals surface area (Å²) in [6, 6.07) is 12.9. The fourth-order valence-corrected chi connectivity index (χ4v) is 7.35. The van der Waals surface area contributed by atoms with Crippen LogP contribution in [0.5, 0.6) is 23.0 Å². The molecule has 50 heavy (non-hydrogen) atoms. The molecule has 11 heteroatoms. The van der Waals surface area contributed by atoms with Crippen LogP contribution in [0.3, 0.4) is 0 Å². The minimum atomic E-state index is -0.368. The third-order valence-electron chi connectivity index (χ3n) is 9.83. The summed E-state index contributed by atoms with van der Waals surface area (Å²) in [4.78, 5) is 44.4. The van der Waals surface area contributed by atoms with Crippen molar-refractivity contribution in [2.45, 2.75) is 64.5 Å². The molecule has 2 aliphatic rings. The predicted octanol–water partition coefficient (Wildman–Crippen LogP) is 5.91. The molecule has 6 rings (SSSR count). The van der Waals surface area contributed by atoms with Crippen molar-refractivity contribution in [3.05, 3.63) is 75.1 Å². The van der Waals surface area contributed by atoms with E-state index in [0.717, 1.165) is 64.6 Å². The van der Waals surface area contributed by atoms with Crippen LogP contribution < -0.4 is 35.0 Å². The molecular formula is C39H46N4O7. The molecule has 0 unspecified atom stereocenters. The van der Waals surface area contributed by atoms with Crippen LogP contribution in [0, 0.1) is 0 Å². The number of benzene rings is 2. The Balaban J connectivity index is 1.11.